The van der Waals surface area contributed by atoms with Gasteiger partial charge < -0.3 is 4.57 Å². The van der Waals surface area contributed by atoms with E-state index in [2.05, 4.69) is 36.5 Å². The van der Waals surface area contributed by atoms with Crippen LogP contribution in [-0.2, 0) is 0 Å². The molecule has 2 atom stereocenters. The molecule has 0 spiro atoms. The van der Waals surface area contributed by atoms with Crippen molar-refractivity contribution in [2.75, 3.05) is 0 Å². The molecule has 0 radical (unpaired) electrons. The van der Waals surface area contributed by atoms with E-state index in [1.54, 1.807) is 0 Å². The lowest BCUT2D eigenvalue weighted by Gasteiger charge is -2.25. The first-order valence-corrected chi connectivity index (χ1v) is 12.8. The summed E-state index contributed by atoms with van der Waals surface area (Å²) in [6, 6.07) is 0.646. The van der Waals surface area contributed by atoms with E-state index in [4.69, 9.17) is 0 Å². The maximum atomic E-state index is 4.32. The van der Waals surface area contributed by atoms with Gasteiger partial charge in [-0.2, -0.15) is 0 Å². The highest BCUT2D eigenvalue weighted by molar-refractivity contribution is 4.83. The summed E-state index contributed by atoms with van der Waals surface area (Å²) in [5.41, 5.74) is 0. The standard InChI is InChI=1S/C26H50N2/c1-4-6-8-10-12-14-16-18-20-25(3)26(28-23-22-27-24-28)21-19-17-15-13-11-9-7-5-2/h22-26H,4-21H2,1-3H3. The number of aromatic nitrogens is 2. The van der Waals surface area contributed by atoms with E-state index in [1.807, 2.05) is 12.5 Å². The van der Waals surface area contributed by atoms with Crippen LogP contribution in [0.15, 0.2) is 18.7 Å². The highest BCUT2D eigenvalue weighted by Crippen LogP contribution is 2.29. The van der Waals surface area contributed by atoms with Gasteiger partial charge in [0.2, 0.25) is 0 Å². The first-order valence-electron chi connectivity index (χ1n) is 12.8. The van der Waals surface area contributed by atoms with Gasteiger partial charge in [0.15, 0.2) is 0 Å². The predicted molar refractivity (Wildman–Crippen MR) is 125 cm³/mol. The van der Waals surface area contributed by atoms with Crippen LogP contribution in [-0.4, -0.2) is 9.55 Å². The first kappa shape index (κ1) is 25.2. The highest BCUT2D eigenvalue weighted by atomic mass is 15.1. The van der Waals surface area contributed by atoms with Crippen molar-refractivity contribution in [3.05, 3.63) is 18.7 Å². The third-order valence-corrected chi connectivity index (χ3v) is 6.43. The number of rotatable bonds is 20. The van der Waals surface area contributed by atoms with Crippen LogP contribution in [0, 0.1) is 5.92 Å². The molecule has 0 N–H and O–H groups in total. The van der Waals surface area contributed by atoms with Gasteiger partial charge in [0.05, 0.1) is 6.33 Å². The zero-order valence-electron chi connectivity index (χ0n) is 19.5. The lowest BCUT2D eigenvalue weighted by molar-refractivity contribution is 0.297. The number of nitrogens with zero attached hydrogens (tertiary/aromatic N) is 2. The van der Waals surface area contributed by atoms with Gasteiger partial charge in [0, 0.05) is 18.4 Å². The monoisotopic (exact) mass is 390 g/mol. The summed E-state index contributed by atoms with van der Waals surface area (Å²) in [4.78, 5) is 4.32. The Bertz CT molecular complexity index is 412. The molecule has 164 valence electrons. The Balaban J connectivity index is 2.18. The quantitative estimate of drug-likeness (QED) is 0.203. The van der Waals surface area contributed by atoms with Crippen LogP contribution in [0.25, 0.3) is 0 Å². The van der Waals surface area contributed by atoms with Gasteiger partial charge in [-0.25, -0.2) is 4.98 Å². The summed E-state index contributed by atoms with van der Waals surface area (Å²) in [7, 11) is 0. The van der Waals surface area contributed by atoms with Crippen molar-refractivity contribution >= 4 is 0 Å². The Morgan fingerprint density at radius 2 is 1.11 bits per heavy atom. The van der Waals surface area contributed by atoms with Gasteiger partial charge >= 0.3 is 0 Å². The molecule has 0 aliphatic heterocycles. The summed E-state index contributed by atoms with van der Waals surface area (Å²) in [5.74, 6) is 0.763. The third-order valence-electron chi connectivity index (χ3n) is 6.43. The zero-order chi connectivity index (χ0) is 20.3. The fourth-order valence-electron chi connectivity index (χ4n) is 4.47. The topological polar surface area (TPSA) is 17.8 Å². The summed E-state index contributed by atoms with van der Waals surface area (Å²) in [6.45, 7) is 7.06. The van der Waals surface area contributed by atoms with Gasteiger partial charge in [-0.15, -0.1) is 0 Å². The minimum absolute atomic E-state index is 0.646. The molecule has 0 saturated heterocycles. The molecule has 1 heterocycles. The minimum Gasteiger partial charge on any atom is -0.334 e. The smallest absolute Gasteiger partial charge is 0.0948 e. The molecule has 0 saturated carbocycles. The fraction of sp³-hybridized carbons (Fsp3) is 0.885. The predicted octanol–water partition coefficient (Wildman–Crippen LogP) is 9.12. The van der Waals surface area contributed by atoms with E-state index >= 15 is 0 Å². The van der Waals surface area contributed by atoms with E-state index in [0.29, 0.717) is 6.04 Å². The van der Waals surface area contributed by atoms with Crippen LogP contribution in [0.1, 0.15) is 142 Å². The second-order valence-electron chi connectivity index (χ2n) is 9.08. The maximum absolute atomic E-state index is 4.32. The van der Waals surface area contributed by atoms with E-state index in [9.17, 15) is 0 Å². The second-order valence-corrected chi connectivity index (χ2v) is 9.08. The minimum atomic E-state index is 0.646. The Morgan fingerprint density at radius 3 is 1.57 bits per heavy atom. The van der Waals surface area contributed by atoms with Crippen molar-refractivity contribution in [3.63, 3.8) is 0 Å². The summed E-state index contributed by atoms with van der Waals surface area (Å²) < 4.78 is 2.39. The van der Waals surface area contributed by atoms with Crippen LogP contribution in [0.4, 0.5) is 0 Å². The Hall–Kier alpha value is -0.790. The van der Waals surface area contributed by atoms with Crippen LogP contribution >= 0.6 is 0 Å². The van der Waals surface area contributed by atoms with Gasteiger partial charge in [0.25, 0.3) is 0 Å². The van der Waals surface area contributed by atoms with Crippen molar-refractivity contribution < 1.29 is 0 Å². The average Bonchev–Trinajstić information content (AvgIpc) is 3.23. The molecular formula is C26H50N2. The normalized spacial score (nSPS) is 13.7. The van der Waals surface area contributed by atoms with Crippen molar-refractivity contribution in [3.8, 4) is 0 Å². The lowest BCUT2D eigenvalue weighted by atomic mass is 9.90. The van der Waals surface area contributed by atoms with Crippen LogP contribution < -0.4 is 0 Å². The maximum Gasteiger partial charge on any atom is 0.0948 e. The molecule has 1 aromatic rings. The summed E-state index contributed by atoms with van der Waals surface area (Å²) in [6.07, 6.45) is 31.5. The SMILES string of the molecule is CCCCCCCCCCC(C)C(CCCCCCCCCC)n1ccnc1. The van der Waals surface area contributed by atoms with E-state index < -0.39 is 0 Å². The van der Waals surface area contributed by atoms with Crippen molar-refractivity contribution in [1.29, 1.82) is 0 Å². The van der Waals surface area contributed by atoms with Gasteiger partial charge in [0.1, 0.15) is 0 Å². The summed E-state index contributed by atoms with van der Waals surface area (Å²) >= 11 is 0. The van der Waals surface area contributed by atoms with Gasteiger partial charge in [-0.3, -0.25) is 0 Å². The van der Waals surface area contributed by atoms with Crippen molar-refractivity contribution in [2.24, 2.45) is 5.92 Å². The number of hydrogen-bond acceptors (Lipinski definition) is 1. The molecule has 2 unspecified atom stereocenters. The molecule has 0 aliphatic carbocycles. The molecule has 1 rings (SSSR count). The molecule has 0 aromatic carbocycles. The fourth-order valence-corrected chi connectivity index (χ4v) is 4.47. The van der Waals surface area contributed by atoms with Crippen LogP contribution in [0.2, 0.25) is 0 Å². The molecule has 0 fully saturated rings. The van der Waals surface area contributed by atoms with Gasteiger partial charge in [-0.1, -0.05) is 124 Å². The lowest BCUT2D eigenvalue weighted by Crippen LogP contribution is -2.16. The molecule has 0 amide bonds. The third kappa shape index (κ3) is 12.6. The molecule has 0 aliphatic rings. The molecular weight excluding hydrogens is 340 g/mol. The zero-order valence-corrected chi connectivity index (χ0v) is 19.5. The Labute approximate surface area is 176 Å². The highest BCUT2D eigenvalue weighted by Gasteiger charge is 2.18. The molecule has 28 heavy (non-hydrogen) atoms. The molecule has 1 aromatic heterocycles. The number of unbranched alkanes of at least 4 members (excludes halogenated alkanes) is 14. The largest absolute Gasteiger partial charge is 0.334 e. The van der Waals surface area contributed by atoms with E-state index in [-0.39, 0.29) is 0 Å². The van der Waals surface area contributed by atoms with Crippen molar-refractivity contribution in [2.45, 2.75) is 142 Å². The summed E-state index contributed by atoms with van der Waals surface area (Å²) in [5, 5.41) is 0. The van der Waals surface area contributed by atoms with Gasteiger partial charge in [-0.05, 0) is 18.8 Å². The molecule has 2 nitrogen and oxygen atoms in total. The molecule has 2 heteroatoms. The Morgan fingerprint density at radius 1 is 0.643 bits per heavy atom. The van der Waals surface area contributed by atoms with E-state index in [0.717, 1.165) is 5.92 Å². The van der Waals surface area contributed by atoms with Crippen LogP contribution in [0.5, 0.6) is 0 Å². The van der Waals surface area contributed by atoms with Crippen LogP contribution in [0.3, 0.4) is 0 Å². The number of hydrogen-bond donors (Lipinski definition) is 0. The van der Waals surface area contributed by atoms with Crippen molar-refractivity contribution in [1.82, 2.24) is 9.55 Å². The van der Waals surface area contributed by atoms with E-state index in [1.165, 1.54) is 116 Å². The first-order chi connectivity index (χ1) is 13.8. The number of imidazole rings is 1. The Kier molecular flexibility index (Phi) is 16.5. The second kappa shape index (κ2) is 18.3. The molecule has 0 bridgehead atoms. The average molecular weight is 391 g/mol.